The number of aryl methyl sites for hydroxylation is 2. The summed E-state index contributed by atoms with van der Waals surface area (Å²) in [5, 5.41) is 13.4. The number of carboxylic acids is 1. The fraction of sp³-hybridized carbons (Fsp3) is 0.667. The van der Waals surface area contributed by atoms with E-state index < -0.39 is 5.97 Å². The van der Waals surface area contributed by atoms with E-state index in [1.54, 1.807) is 4.68 Å². The highest BCUT2D eigenvalue weighted by Gasteiger charge is 2.34. The molecule has 0 aromatic carbocycles. The fourth-order valence-electron chi connectivity index (χ4n) is 2.56. The van der Waals surface area contributed by atoms with Gasteiger partial charge in [0.25, 0.3) is 0 Å². The Labute approximate surface area is 101 Å². The summed E-state index contributed by atoms with van der Waals surface area (Å²) >= 11 is 0. The maximum atomic E-state index is 11.0. The SMILES string of the molecule is Cc1nn(C)cc1CN1C[C@@H](C)[C@H](C(=O)O)C1. The molecular weight excluding hydrogens is 218 g/mol. The molecule has 5 heteroatoms. The molecule has 5 nitrogen and oxygen atoms in total. The van der Waals surface area contributed by atoms with Crippen LogP contribution in [0.5, 0.6) is 0 Å². The first-order chi connectivity index (χ1) is 7.97. The summed E-state index contributed by atoms with van der Waals surface area (Å²) in [6.45, 7) is 6.29. The van der Waals surface area contributed by atoms with Crippen LogP contribution in [0.3, 0.4) is 0 Å². The Balaban J connectivity index is 2.02. The maximum Gasteiger partial charge on any atom is 0.308 e. The number of likely N-dealkylation sites (tertiary alicyclic amines) is 1. The fourth-order valence-corrected chi connectivity index (χ4v) is 2.56. The van der Waals surface area contributed by atoms with Gasteiger partial charge in [0.15, 0.2) is 0 Å². The molecule has 2 atom stereocenters. The largest absolute Gasteiger partial charge is 0.481 e. The highest BCUT2D eigenvalue weighted by atomic mass is 16.4. The lowest BCUT2D eigenvalue weighted by Crippen LogP contribution is -2.23. The lowest BCUT2D eigenvalue weighted by Gasteiger charge is -2.14. The van der Waals surface area contributed by atoms with E-state index in [-0.39, 0.29) is 11.8 Å². The second-order valence-corrected chi connectivity index (χ2v) is 5.03. The van der Waals surface area contributed by atoms with Gasteiger partial charge in [-0.1, -0.05) is 6.92 Å². The number of hydrogen-bond donors (Lipinski definition) is 1. The predicted octanol–water partition coefficient (Wildman–Crippen LogP) is 0.881. The Bertz CT molecular complexity index is 427. The van der Waals surface area contributed by atoms with Crippen LogP contribution in [0.2, 0.25) is 0 Å². The minimum Gasteiger partial charge on any atom is -0.481 e. The summed E-state index contributed by atoms with van der Waals surface area (Å²) in [5.74, 6) is -0.681. The Morgan fingerprint density at radius 2 is 2.29 bits per heavy atom. The molecule has 2 rings (SSSR count). The van der Waals surface area contributed by atoms with Gasteiger partial charge in [-0.15, -0.1) is 0 Å². The molecule has 0 radical (unpaired) electrons. The Kier molecular flexibility index (Phi) is 3.19. The van der Waals surface area contributed by atoms with Crippen molar-refractivity contribution in [2.24, 2.45) is 18.9 Å². The smallest absolute Gasteiger partial charge is 0.308 e. The van der Waals surface area contributed by atoms with Crippen molar-refractivity contribution < 1.29 is 9.90 Å². The van der Waals surface area contributed by atoms with E-state index in [0.29, 0.717) is 6.54 Å². The highest BCUT2D eigenvalue weighted by Crippen LogP contribution is 2.25. The van der Waals surface area contributed by atoms with Crippen LogP contribution in [0.25, 0.3) is 0 Å². The number of carboxylic acid groups (broad SMARTS) is 1. The van der Waals surface area contributed by atoms with Gasteiger partial charge in [0, 0.05) is 38.4 Å². The first-order valence-electron chi connectivity index (χ1n) is 5.91. The van der Waals surface area contributed by atoms with Gasteiger partial charge in [-0.25, -0.2) is 0 Å². The van der Waals surface area contributed by atoms with E-state index in [0.717, 1.165) is 18.8 Å². The average Bonchev–Trinajstić information content (AvgIpc) is 2.71. The third kappa shape index (κ3) is 2.49. The van der Waals surface area contributed by atoms with Crippen molar-refractivity contribution in [3.8, 4) is 0 Å². The summed E-state index contributed by atoms with van der Waals surface area (Å²) in [6.07, 6.45) is 2.01. The van der Waals surface area contributed by atoms with E-state index >= 15 is 0 Å². The molecule has 17 heavy (non-hydrogen) atoms. The third-order valence-corrected chi connectivity index (χ3v) is 3.51. The standard InChI is InChI=1S/C12H19N3O2/c1-8-4-15(7-11(8)12(16)17)6-10-5-14(3)13-9(10)2/h5,8,11H,4,6-7H2,1-3H3,(H,16,17)/t8-,11-/m1/s1. The second kappa shape index (κ2) is 4.49. The molecule has 0 unspecified atom stereocenters. The highest BCUT2D eigenvalue weighted by molar-refractivity contribution is 5.71. The lowest BCUT2D eigenvalue weighted by atomic mass is 9.99. The van der Waals surface area contributed by atoms with Gasteiger partial charge >= 0.3 is 5.97 Å². The maximum absolute atomic E-state index is 11.0. The van der Waals surface area contributed by atoms with Crippen LogP contribution in [-0.2, 0) is 18.4 Å². The van der Waals surface area contributed by atoms with Gasteiger partial charge in [-0.3, -0.25) is 14.4 Å². The Morgan fingerprint density at radius 3 is 2.76 bits per heavy atom. The number of nitrogens with zero attached hydrogens (tertiary/aromatic N) is 3. The van der Waals surface area contributed by atoms with Crippen LogP contribution >= 0.6 is 0 Å². The van der Waals surface area contributed by atoms with E-state index in [2.05, 4.69) is 10.00 Å². The molecule has 1 aromatic heterocycles. The summed E-state index contributed by atoms with van der Waals surface area (Å²) in [4.78, 5) is 13.2. The van der Waals surface area contributed by atoms with Gasteiger partial charge in [-0.2, -0.15) is 5.10 Å². The Morgan fingerprint density at radius 1 is 1.59 bits per heavy atom. The zero-order chi connectivity index (χ0) is 12.6. The summed E-state index contributed by atoms with van der Waals surface area (Å²) < 4.78 is 1.80. The van der Waals surface area contributed by atoms with E-state index in [1.807, 2.05) is 27.1 Å². The molecule has 94 valence electrons. The minimum absolute atomic E-state index is 0.226. The molecule has 0 spiro atoms. The molecular formula is C12H19N3O2. The topological polar surface area (TPSA) is 58.4 Å². The zero-order valence-corrected chi connectivity index (χ0v) is 10.6. The number of hydrogen-bond acceptors (Lipinski definition) is 3. The summed E-state index contributed by atoms with van der Waals surface area (Å²) in [7, 11) is 1.91. The van der Waals surface area contributed by atoms with Crippen molar-refractivity contribution in [2.45, 2.75) is 20.4 Å². The van der Waals surface area contributed by atoms with Crippen molar-refractivity contribution >= 4 is 5.97 Å². The average molecular weight is 237 g/mol. The second-order valence-electron chi connectivity index (χ2n) is 5.03. The van der Waals surface area contributed by atoms with Gasteiger partial charge in [0.2, 0.25) is 0 Å². The van der Waals surface area contributed by atoms with Crippen LogP contribution in [-0.4, -0.2) is 38.8 Å². The number of aromatic nitrogens is 2. The molecule has 1 N–H and O–H groups in total. The summed E-state index contributed by atoms with van der Waals surface area (Å²) in [6, 6.07) is 0. The van der Waals surface area contributed by atoms with Gasteiger partial charge in [0.05, 0.1) is 11.6 Å². The van der Waals surface area contributed by atoms with Crippen LogP contribution < -0.4 is 0 Å². The molecule has 0 bridgehead atoms. The zero-order valence-electron chi connectivity index (χ0n) is 10.6. The van der Waals surface area contributed by atoms with E-state index in [1.165, 1.54) is 5.56 Å². The molecule has 1 fully saturated rings. The normalized spacial score (nSPS) is 25.4. The monoisotopic (exact) mass is 237 g/mol. The van der Waals surface area contributed by atoms with Crippen molar-refractivity contribution in [1.82, 2.24) is 14.7 Å². The molecule has 1 aromatic rings. The van der Waals surface area contributed by atoms with Crippen LogP contribution in [0, 0.1) is 18.8 Å². The molecule has 0 saturated carbocycles. The molecule has 2 heterocycles. The molecule has 1 aliphatic heterocycles. The Hall–Kier alpha value is -1.36. The number of rotatable bonds is 3. The molecule has 1 saturated heterocycles. The van der Waals surface area contributed by atoms with E-state index in [9.17, 15) is 4.79 Å². The van der Waals surface area contributed by atoms with Crippen molar-refractivity contribution in [3.05, 3.63) is 17.5 Å². The van der Waals surface area contributed by atoms with Gasteiger partial charge in [-0.05, 0) is 12.8 Å². The van der Waals surface area contributed by atoms with Crippen LogP contribution in [0.4, 0.5) is 0 Å². The number of carbonyl (C=O) groups is 1. The lowest BCUT2D eigenvalue weighted by molar-refractivity contribution is -0.142. The van der Waals surface area contributed by atoms with Crippen molar-refractivity contribution in [1.29, 1.82) is 0 Å². The summed E-state index contributed by atoms with van der Waals surface area (Å²) in [5.41, 5.74) is 2.21. The van der Waals surface area contributed by atoms with Crippen LogP contribution in [0.1, 0.15) is 18.2 Å². The molecule has 0 aliphatic carbocycles. The van der Waals surface area contributed by atoms with Crippen molar-refractivity contribution in [3.63, 3.8) is 0 Å². The predicted molar refractivity (Wildman–Crippen MR) is 63.5 cm³/mol. The quantitative estimate of drug-likeness (QED) is 0.848. The molecule has 0 amide bonds. The number of aliphatic carboxylic acids is 1. The van der Waals surface area contributed by atoms with Crippen molar-refractivity contribution in [2.75, 3.05) is 13.1 Å². The van der Waals surface area contributed by atoms with Gasteiger partial charge < -0.3 is 5.11 Å². The minimum atomic E-state index is -0.678. The van der Waals surface area contributed by atoms with Gasteiger partial charge in [0.1, 0.15) is 0 Å². The third-order valence-electron chi connectivity index (χ3n) is 3.51. The first kappa shape index (κ1) is 12.1. The van der Waals surface area contributed by atoms with Crippen LogP contribution in [0.15, 0.2) is 6.20 Å². The van der Waals surface area contributed by atoms with E-state index in [4.69, 9.17) is 5.11 Å². The first-order valence-corrected chi connectivity index (χ1v) is 5.91. The molecule has 1 aliphatic rings.